The summed E-state index contributed by atoms with van der Waals surface area (Å²) < 4.78 is 1.56. The first-order valence-electron chi connectivity index (χ1n) is 5.95. The first kappa shape index (κ1) is 13.7. The average Bonchev–Trinajstić information content (AvgIpc) is 2.88. The number of hydrogen-bond donors (Lipinski definition) is 3. The fraction of sp³-hybridized carbons (Fsp3) is 0.364. The quantitative estimate of drug-likeness (QED) is 0.635. The number of hydrogen-bond acceptors (Lipinski definition) is 5. The van der Waals surface area contributed by atoms with Crippen molar-refractivity contribution in [3.8, 4) is 0 Å². The molecule has 20 heavy (non-hydrogen) atoms. The number of rotatable bonds is 5. The molecule has 9 heteroatoms. The van der Waals surface area contributed by atoms with E-state index in [1.807, 2.05) is 0 Å². The summed E-state index contributed by atoms with van der Waals surface area (Å²) in [6.07, 6.45) is 3.32. The minimum atomic E-state index is -1.10. The molecule has 106 valence electrons. The molecular weight excluding hydrogens is 266 g/mol. The molecule has 0 aliphatic carbocycles. The van der Waals surface area contributed by atoms with Gasteiger partial charge in [0.1, 0.15) is 5.71 Å². The maximum atomic E-state index is 11.7. The highest BCUT2D eigenvalue weighted by molar-refractivity contribution is 6.39. The van der Waals surface area contributed by atoms with Crippen LogP contribution in [0, 0.1) is 0 Å². The molecule has 1 aliphatic heterocycles. The second-order valence-electron chi connectivity index (χ2n) is 4.15. The van der Waals surface area contributed by atoms with Gasteiger partial charge in [-0.25, -0.2) is 15.2 Å². The summed E-state index contributed by atoms with van der Waals surface area (Å²) in [4.78, 5) is 36.9. The monoisotopic (exact) mass is 279 g/mol. The van der Waals surface area contributed by atoms with Crippen molar-refractivity contribution >= 4 is 23.5 Å². The van der Waals surface area contributed by atoms with Gasteiger partial charge in [-0.05, 0) is 0 Å². The Kier molecular flexibility index (Phi) is 4.08. The fourth-order valence-corrected chi connectivity index (χ4v) is 1.63. The molecule has 0 spiro atoms. The smallest absolute Gasteiger partial charge is 0.356 e. The number of amides is 2. The van der Waals surface area contributed by atoms with Gasteiger partial charge in [0.15, 0.2) is 5.69 Å². The molecule has 2 heterocycles. The lowest BCUT2D eigenvalue weighted by Crippen LogP contribution is -2.38. The molecule has 0 fully saturated rings. The van der Waals surface area contributed by atoms with Crippen molar-refractivity contribution in [3.63, 3.8) is 0 Å². The lowest BCUT2D eigenvalue weighted by molar-refractivity contribution is -0.121. The largest absolute Gasteiger partial charge is 0.476 e. The van der Waals surface area contributed by atoms with Gasteiger partial charge in [-0.1, -0.05) is 0 Å². The molecule has 0 aromatic carbocycles. The molecule has 0 saturated heterocycles. The second kappa shape index (κ2) is 5.95. The van der Waals surface area contributed by atoms with Crippen LogP contribution in [0.1, 0.15) is 23.3 Å². The van der Waals surface area contributed by atoms with Crippen LogP contribution in [0.15, 0.2) is 17.6 Å². The highest BCUT2D eigenvalue weighted by atomic mass is 16.4. The zero-order valence-electron chi connectivity index (χ0n) is 10.5. The van der Waals surface area contributed by atoms with Crippen molar-refractivity contribution in [2.45, 2.75) is 19.4 Å². The summed E-state index contributed by atoms with van der Waals surface area (Å²) in [6.45, 7) is 0.701. The number of carboxylic acid groups (broad SMARTS) is 1. The van der Waals surface area contributed by atoms with E-state index >= 15 is 0 Å². The Morgan fingerprint density at radius 3 is 2.85 bits per heavy atom. The fourth-order valence-electron chi connectivity index (χ4n) is 1.63. The highest BCUT2D eigenvalue weighted by Gasteiger charge is 2.17. The summed E-state index contributed by atoms with van der Waals surface area (Å²) in [5, 5.41) is 15.0. The van der Waals surface area contributed by atoms with Gasteiger partial charge >= 0.3 is 5.97 Å². The Morgan fingerprint density at radius 1 is 1.45 bits per heavy atom. The summed E-state index contributed by atoms with van der Waals surface area (Å²) in [5.74, 6) is -1.65. The molecule has 0 bridgehead atoms. The van der Waals surface area contributed by atoms with Gasteiger partial charge in [0.2, 0.25) is 5.91 Å². The van der Waals surface area contributed by atoms with Crippen molar-refractivity contribution in [2.75, 3.05) is 6.54 Å². The van der Waals surface area contributed by atoms with Crippen molar-refractivity contribution in [2.24, 2.45) is 5.10 Å². The second-order valence-corrected chi connectivity index (χ2v) is 4.15. The lowest BCUT2D eigenvalue weighted by atomic mass is 10.1. The van der Waals surface area contributed by atoms with E-state index in [-0.39, 0.29) is 29.6 Å². The van der Waals surface area contributed by atoms with Crippen LogP contribution in [-0.2, 0) is 16.1 Å². The summed E-state index contributed by atoms with van der Waals surface area (Å²) in [6, 6.07) is 0. The summed E-state index contributed by atoms with van der Waals surface area (Å²) in [5.41, 5.74) is 2.48. The molecule has 0 atom stereocenters. The van der Waals surface area contributed by atoms with Crippen LogP contribution in [0.3, 0.4) is 0 Å². The molecule has 0 saturated carbocycles. The minimum absolute atomic E-state index is 0.0457. The number of aromatic nitrogens is 2. The Labute approximate surface area is 113 Å². The SMILES string of the molecule is O=C1CCC(C(=O)NCCn2cnc(C(=O)O)c2)=NN1. The van der Waals surface area contributed by atoms with Crippen molar-refractivity contribution in [3.05, 3.63) is 18.2 Å². The predicted molar refractivity (Wildman–Crippen MR) is 67.0 cm³/mol. The number of carbonyl (C=O) groups excluding carboxylic acids is 2. The molecule has 1 aliphatic rings. The molecular formula is C11H13N5O4. The van der Waals surface area contributed by atoms with Crippen LogP contribution in [0.25, 0.3) is 0 Å². The third kappa shape index (κ3) is 3.40. The topological polar surface area (TPSA) is 126 Å². The van der Waals surface area contributed by atoms with Crippen molar-refractivity contribution in [1.29, 1.82) is 0 Å². The van der Waals surface area contributed by atoms with Crippen LogP contribution in [-0.4, -0.2) is 44.7 Å². The van der Waals surface area contributed by atoms with Crippen LogP contribution in [0.2, 0.25) is 0 Å². The Morgan fingerprint density at radius 2 is 2.25 bits per heavy atom. The zero-order chi connectivity index (χ0) is 14.5. The zero-order valence-corrected chi connectivity index (χ0v) is 10.5. The van der Waals surface area contributed by atoms with Crippen molar-refractivity contribution < 1.29 is 19.5 Å². The normalized spacial score (nSPS) is 14.4. The lowest BCUT2D eigenvalue weighted by Gasteiger charge is -2.11. The van der Waals surface area contributed by atoms with E-state index in [2.05, 4.69) is 20.8 Å². The minimum Gasteiger partial charge on any atom is -0.476 e. The Balaban J connectivity index is 1.79. The van der Waals surface area contributed by atoms with E-state index in [0.29, 0.717) is 19.5 Å². The van der Waals surface area contributed by atoms with Gasteiger partial charge in [-0.2, -0.15) is 5.10 Å². The van der Waals surface area contributed by atoms with Crippen LogP contribution < -0.4 is 10.7 Å². The van der Waals surface area contributed by atoms with E-state index < -0.39 is 5.97 Å². The molecule has 2 rings (SSSR count). The van der Waals surface area contributed by atoms with Gasteiger partial charge in [0.05, 0.1) is 6.33 Å². The average molecular weight is 279 g/mol. The number of hydrazone groups is 1. The van der Waals surface area contributed by atoms with E-state index in [0.717, 1.165) is 0 Å². The molecule has 0 unspecified atom stereocenters. The van der Waals surface area contributed by atoms with E-state index in [4.69, 9.17) is 5.11 Å². The number of imidazole rings is 1. The van der Waals surface area contributed by atoms with E-state index in [1.54, 1.807) is 4.57 Å². The molecule has 1 aromatic rings. The number of nitrogens with one attached hydrogen (secondary N) is 2. The first-order valence-corrected chi connectivity index (χ1v) is 5.95. The maximum absolute atomic E-state index is 11.7. The molecule has 0 radical (unpaired) electrons. The molecule has 9 nitrogen and oxygen atoms in total. The third-order valence-corrected chi connectivity index (χ3v) is 2.67. The standard InChI is InChI=1S/C11H13N5O4/c17-9-2-1-7(14-15-9)10(18)12-3-4-16-5-8(11(19)20)13-6-16/h5-6H,1-4H2,(H,12,18)(H,15,17)(H,19,20). The van der Waals surface area contributed by atoms with Crippen LogP contribution >= 0.6 is 0 Å². The van der Waals surface area contributed by atoms with Gasteiger partial charge in [-0.3, -0.25) is 9.59 Å². The first-order chi connectivity index (χ1) is 9.56. The number of carbonyl (C=O) groups is 3. The van der Waals surface area contributed by atoms with Crippen molar-refractivity contribution in [1.82, 2.24) is 20.3 Å². The number of nitrogens with zero attached hydrogens (tertiary/aromatic N) is 3. The summed E-state index contributed by atoms with van der Waals surface area (Å²) in [7, 11) is 0. The highest BCUT2D eigenvalue weighted by Crippen LogP contribution is 1.99. The Bertz CT molecular complexity index is 577. The predicted octanol–water partition coefficient (Wildman–Crippen LogP) is -1.04. The van der Waals surface area contributed by atoms with E-state index in [9.17, 15) is 14.4 Å². The van der Waals surface area contributed by atoms with Gasteiger partial charge < -0.3 is 15.0 Å². The molecule has 3 N–H and O–H groups in total. The Hall–Kier alpha value is -2.71. The number of aromatic carboxylic acids is 1. The van der Waals surface area contributed by atoms with E-state index in [1.165, 1.54) is 12.5 Å². The number of carboxylic acids is 1. The molecule has 1 aromatic heterocycles. The van der Waals surface area contributed by atoms with Gasteiger partial charge in [-0.15, -0.1) is 0 Å². The van der Waals surface area contributed by atoms with Crippen LogP contribution in [0.4, 0.5) is 0 Å². The van der Waals surface area contributed by atoms with Gasteiger partial charge in [0.25, 0.3) is 5.91 Å². The molecule has 2 amide bonds. The van der Waals surface area contributed by atoms with Crippen LogP contribution in [0.5, 0.6) is 0 Å². The van der Waals surface area contributed by atoms with Gasteiger partial charge in [0, 0.05) is 32.1 Å². The maximum Gasteiger partial charge on any atom is 0.356 e. The summed E-state index contributed by atoms with van der Waals surface area (Å²) >= 11 is 0. The third-order valence-electron chi connectivity index (χ3n) is 2.67.